The van der Waals surface area contributed by atoms with Crippen LogP contribution >= 0.6 is 40.7 Å². The number of aliphatic hydroxyl groups excluding tert-OH is 2. The number of benzene rings is 6. The number of aliphatic imine (C=N–C) groups is 2. The zero-order chi connectivity index (χ0) is 90.8. The molecule has 6 aromatic carbocycles. The first-order valence-corrected chi connectivity index (χ1v) is 50.7. The van der Waals surface area contributed by atoms with Gasteiger partial charge in [-0.25, -0.2) is 9.98 Å². The number of hydrogen-bond donors (Lipinski definition) is 4. The fourth-order valence-electron chi connectivity index (χ4n) is 16.1. The number of unbranched alkanes of at least 4 members (excludes halogenated alkanes) is 6. The molecule has 0 radical (unpaired) electrons. The molecule has 4 aliphatic heterocycles. The number of para-hydroxylation sites is 4. The Morgan fingerprint density at radius 3 is 1.18 bits per heavy atom. The van der Waals surface area contributed by atoms with Crippen molar-refractivity contribution in [1.29, 1.82) is 0 Å². The monoisotopic (exact) mass is 1840 g/mol. The van der Waals surface area contributed by atoms with Crippen molar-refractivity contribution in [2.24, 2.45) is 9.98 Å². The number of allylic oxidation sites excluding steroid dienone is 12. The summed E-state index contributed by atoms with van der Waals surface area (Å²) >= 11 is 3.56. The molecule has 6 aromatic rings. The Hall–Kier alpha value is -10.4. The summed E-state index contributed by atoms with van der Waals surface area (Å²) in [7, 11) is 0.683. The van der Waals surface area contributed by atoms with Gasteiger partial charge in [0.15, 0.2) is 0 Å². The van der Waals surface area contributed by atoms with Crippen molar-refractivity contribution < 1.29 is 66.1 Å². The average molecular weight is 1840 g/mol. The van der Waals surface area contributed by atoms with Crippen LogP contribution in [0, 0.1) is 0 Å². The molecule has 130 heavy (non-hydrogen) atoms. The van der Waals surface area contributed by atoms with Gasteiger partial charge < -0.3 is 68.3 Å². The predicted octanol–water partition coefficient (Wildman–Crippen LogP) is 20.6. The van der Waals surface area contributed by atoms with Crippen LogP contribution in [0.3, 0.4) is 0 Å². The molecule has 4 aliphatic carbocycles. The van der Waals surface area contributed by atoms with Crippen LogP contribution in [0.4, 0.5) is 22.7 Å². The van der Waals surface area contributed by atoms with E-state index in [1.807, 2.05) is 182 Å². The lowest BCUT2D eigenvalue weighted by Gasteiger charge is -2.36. The maximum absolute atomic E-state index is 14.5. The molecule has 0 bridgehead atoms. The second-order valence-corrected chi connectivity index (χ2v) is 37.9. The van der Waals surface area contributed by atoms with E-state index in [-0.39, 0.29) is 82.7 Å². The van der Waals surface area contributed by atoms with Crippen molar-refractivity contribution in [3.63, 3.8) is 0 Å². The van der Waals surface area contributed by atoms with Crippen LogP contribution in [0.25, 0.3) is 11.1 Å². The Labute approximate surface area is 777 Å². The molecule has 4 saturated heterocycles. The average Bonchev–Trinajstić information content (AvgIpc) is 0.736. The molecule has 0 saturated carbocycles. The highest BCUT2D eigenvalue weighted by molar-refractivity contribution is 7.99. The number of carbonyl (C=O) groups is 6. The van der Waals surface area contributed by atoms with Gasteiger partial charge in [0.2, 0.25) is 35.2 Å². The Bertz CT molecular complexity index is 5090. The Kier molecular flexibility index (Phi) is 38.0. The minimum absolute atomic E-state index is 0.0789. The Balaban J connectivity index is 0.000000235. The number of amides is 4. The van der Waals surface area contributed by atoms with Crippen LogP contribution in [-0.2, 0) is 37.8 Å². The molecule has 0 aromatic heterocycles. The van der Waals surface area contributed by atoms with Crippen molar-refractivity contribution in [3.8, 4) is 23.0 Å². The first-order valence-electron chi connectivity index (χ1n) is 46.2. The number of likely N-dealkylation sites (tertiary alicyclic amines) is 1. The molecule has 24 nitrogen and oxygen atoms in total. The van der Waals surface area contributed by atoms with E-state index in [2.05, 4.69) is 78.0 Å². The van der Waals surface area contributed by atoms with Crippen molar-refractivity contribution >= 4 is 121 Å². The highest BCUT2D eigenvalue weighted by atomic mass is 32.2. The highest BCUT2D eigenvalue weighted by Gasteiger charge is 2.42. The number of ketones is 2. The Morgan fingerprint density at radius 1 is 0.392 bits per heavy atom. The number of piperidine rings is 2. The molecular weight excluding hydrogens is 1720 g/mol. The third kappa shape index (κ3) is 28.3. The van der Waals surface area contributed by atoms with Gasteiger partial charge >= 0.3 is 17.2 Å². The summed E-state index contributed by atoms with van der Waals surface area (Å²) < 4.78 is 36.3. The number of aliphatic hydroxyl groups is 2. The van der Waals surface area contributed by atoms with Gasteiger partial charge in [0.05, 0.1) is 58.3 Å². The van der Waals surface area contributed by atoms with Gasteiger partial charge in [-0.2, -0.15) is 23.5 Å². The van der Waals surface area contributed by atoms with Crippen LogP contribution in [0.1, 0.15) is 153 Å². The third-order valence-corrected chi connectivity index (χ3v) is 27.9. The van der Waals surface area contributed by atoms with E-state index in [1.165, 1.54) is 19.3 Å². The predicted molar refractivity (Wildman–Crippen MR) is 528 cm³/mol. The largest absolute Gasteiger partial charge is 0.506 e. The number of anilines is 4. The molecule has 0 atom stereocenters. The highest BCUT2D eigenvalue weighted by Crippen LogP contribution is 2.48. The second kappa shape index (κ2) is 50.8. The molecule has 28 heteroatoms. The van der Waals surface area contributed by atoms with E-state index < -0.39 is 23.0 Å². The normalized spacial score (nSPS) is 18.5. The topological polar surface area (TPSA) is 266 Å². The van der Waals surface area contributed by atoms with Crippen LogP contribution in [0.2, 0.25) is 0 Å². The standard InChI is InChI=1S/C60H64N4O10P2.C42H60N6O4S2/c65-55(31-15-21-41-69-75(71-47-23-7-1-8-24-47)72-48-25-9-2-10-26-48)61-53-43-45(63-37-17-5-18-38-63)33-35-51(53)57-59(67)58(60(57)68)52-36-34-46(64-39-19-6-20-40-64)44-54(52)62-56(66)32-16-22-42-70-76(73-49-27-11-3-12-28-49)74-50-29-13-4-14-30-50;1-5-7-9-25-53-27-15-37(49)43-35-29-31(47-21-17-45(3)18-22-47)11-13-33(35)39-41(51)40(42(39)52)34-14-12-32(48-23-19-46(4)20-24-48)30-36(34)44-38(50)16-28-54-26-10-8-6-2/h1-4,7-14,23-30,33-36,43-44,67H,5-6,15-22,31-32,37-42H2,(H,61,65);11-14,29-30,51H,5-10,15-28H2,1-4H3,(H,43,49)/b;40-34+,44-36?. The fourth-order valence-corrected chi connectivity index (χ4v) is 20.0. The summed E-state index contributed by atoms with van der Waals surface area (Å²) in [4.78, 5) is 105. The molecule has 14 rings (SSSR count). The molecule has 4 amide bonds. The number of hydrogen-bond acceptors (Lipinski definition) is 22. The van der Waals surface area contributed by atoms with Crippen LogP contribution in [0.5, 0.6) is 23.0 Å². The number of Topliss-reactive ketones (excluding diaryl/α,β-unsaturated/α-hetero) is 2. The quantitative estimate of drug-likeness (QED) is 0.0158. The molecule has 8 aliphatic rings. The van der Waals surface area contributed by atoms with Crippen LogP contribution in [0.15, 0.2) is 249 Å². The molecular formula is C102H124N10O14P2S2. The third-order valence-electron chi connectivity index (χ3n) is 23.5. The van der Waals surface area contributed by atoms with Gasteiger partial charge in [-0.1, -0.05) is 112 Å². The van der Waals surface area contributed by atoms with E-state index in [1.54, 1.807) is 35.7 Å². The number of carbonyl (C=O) groups excluding carboxylic acids is 6. The summed E-state index contributed by atoms with van der Waals surface area (Å²) in [6, 6.07) is 48.7. The number of likely N-dealkylation sites (N-methyl/N-ethyl adjacent to an activating group) is 2. The summed E-state index contributed by atoms with van der Waals surface area (Å²) in [5.74, 6) is 3.93. The fraction of sp³-hybridized carbons (Fsp3) is 0.412. The maximum atomic E-state index is 14.5. The number of piperazine rings is 2. The summed E-state index contributed by atoms with van der Waals surface area (Å²) in [6.07, 6.45) is 27.8. The minimum Gasteiger partial charge on any atom is -0.506 e. The minimum atomic E-state index is -1.77. The number of nitrogens with zero attached hydrogens (tertiary/aromatic N) is 8. The van der Waals surface area contributed by atoms with Gasteiger partial charge in [-0.3, -0.25) is 37.8 Å². The van der Waals surface area contributed by atoms with Gasteiger partial charge in [0.25, 0.3) is 0 Å². The second-order valence-electron chi connectivity index (χ2n) is 33.3. The number of rotatable bonds is 42. The van der Waals surface area contributed by atoms with Crippen LogP contribution < -0.4 is 38.5 Å². The van der Waals surface area contributed by atoms with Gasteiger partial charge in [0.1, 0.15) is 34.5 Å². The van der Waals surface area contributed by atoms with Crippen molar-refractivity contribution in [3.05, 3.63) is 251 Å². The first kappa shape index (κ1) is 97.1. The van der Waals surface area contributed by atoms with E-state index in [0.717, 1.165) is 176 Å². The maximum Gasteiger partial charge on any atom is 0.463 e. The smallest absolute Gasteiger partial charge is 0.463 e. The molecule has 0 unspecified atom stereocenters. The van der Waals surface area contributed by atoms with Gasteiger partial charge in [-0.15, -0.1) is 0 Å². The van der Waals surface area contributed by atoms with Crippen LogP contribution in [-0.4, -0.2) is 205 Å². The lowest BCUT2D eigenvalue weighted by molar-refractivity contribution is -0.118. The van der Waals surface area contributed by atoms with E-state index in [4.69, 9.17) is 27.1 Å². The van der Waals surface area contributed by atoms with E-state index >= 15 is 0 Å². The number of thioether (sulfide) groups is 2. The van der Waals surface area contributed by atoms with Crippen molar-refractivity contribution in [1.82, 2.24) is 19.6 Å². The lowest BCUT2D eigenvalue weighted by Crippen LogP contribution is -2.44. The summed E-state index contributed by atoms with van der Waals surface area (Å²) in [6.45, 7) is 15.6. The summed E-state index contributed by atoms with van der Waals surface area (Å²) in [5.41, 5.74) is 7.63. The molecule has 4 N–H and O–H groups in total. The SMILES string of the molecule is CCCCCSCCC(=O)N=C1C=C(N2CCN(C)CC2)C=C/C1=C1\C(=O)C(c2ccc(N3CCN(C)CC3)cc2NC(=O)CCSCCCCC)=C1O.O=C(CCCCOP(Oc1ccccc1)Oc1ccccc1)N=C1C=C(N2CCCCC2)C=CC1=C1C(=O)C(c2ccc(N3CCCCC3)cc2NC(=O)CCCCOP(Oc2ccccc2)Oc2ccccc2)=C1O. The Morgan fingerprint density at radius 2 is 0.762 bits per heavy atom. The first-order chi connectivity index (χ1) is 63.5. The van der Waals surface area contributed by atoms with Gasteiger partial charge in [0, 0.05) is 161 Å². The summed E-state index contributed by atoms with van der Waals surface area (Å²) in [5, 5.41) is 29.8. The number of nitrogens with one attached hydrogen (secondary N) is 2. The molecule has 688 valence electrons. The van der Waals surface area contributed by atoms with Crippen molar-refractivity contribution in [2.75, 3.05) is 149 Å². The zero-order valence-corrected chi connectivity index (χ0v) is 78.8. The zero-order valence-electron chi connectivity index (χ0n) is 75.4. The molecule has 0 spiro atoms. The van der Waals surface area contributed by atoms with E-state index in [0.29, 0.717) is 119 Å². The molecule has 4 heterocycles. The van der Waals surface area contributed by atoms with Gasteiger partial charge in [-0.05, 0) is 224 Å². The van der Waals surface area contributed by atoms with E-state index in [9.17, 15) is 39.0 Å². The lowest BCUT2D eigenvalue weighted by atomic mass is 9.78. The molecule has 4 fully saturated rings. The van der Waals surface area contributed by atoms with Crippen molar-refractivity contribution in [2.45, 2.75) is 142 Å².